The van der Waals surface area contributed by atoms with Crippen LogP contribution in [-0.2, 0) is 6.42 Å². The molecule has 0 aromatic heterocycles. The average molecular weight is 223 g/mol. The first kappa shape index (κ1) is 13.2. The number of rotatable bonds is 6. The minimum absolute atomic E-state index is 0.143. The summed E-state index contributed by atoms with van der Waals surface area (Å²) in [5.74, 6) is 0.571. The molecule has 0 aliphatic heterocycles. The zero-order chi connectivity index (χ0) is 12.0. The Kier molecular flexibility index (Phi) is 5.47. The fourth-order valence-corrected chi connectivity index (χ4v) is 1.90. The van der Waals surface area contributed by atoms with Crippen LogP contribution in [0, 0.1) is 11.7 Å². The van der Waals surface area contributed by atoms with Gasteiger partial charge >= 0.3 is 0 Å². The lowest BCUT2D eigenvalue weighted by Crippen LogP contribution is -2.29. The van der Waals surface area contributed by atoms with Gasteiger partial charge in [-0.25, -0.2) is 4.39 Å². The summed E-state index contributed by atoms with van der Waals surface area (Å²) in [6.07, 6.45) is 3.24. The largest absolute Gasteiger partial charge is 0.317 e. The van der Waals surface area contributed by atoms with Crippen molar-refractivity contribution < 1.29 is 4.39 Å². The number of hydrogen-bond donors (Lipinski definition) is 1. The summed E-state index contributed by atoms with van der Waals surface area (Å²) in [6.45, 7) is 4.47. The molecule has 1 N–H and O–H groups in total. The van der Waals surface area contributed by atoms with Crippen molar-refractivity contribution in [2.24, 2.45) is 5.92 Å². The van der Waals surface area contributed by atoms with Crippen LogP contribution in [0.1, 0.15) is 32.3 Å². The first-order valence-corrected chi connectivity index (χ1v) is 6.07. The van der Waals surface area contributed by atoms with Crippen LogP contribution in [0.4, 0.5) is 4.39 Å². The first-order chi connectivity index (χ1) is 7.65. The van der Waals surface area contributed by atoms with E-state index in [-0.39, 0.29) is 5.82 Å². The number of benzene rings is 1. The van der Waals surface area contributed by atoms with Gasteiger partial charge in [0.25, 0.3) is 0 Å². The third kappa shape index (κ3) is 4.31. The molecule has 0 aliphatic rings. The topological polar surface area (TPSA) is 12.0 Å². The molecule has 2 heteroatoms. The Morgan fingerprint density at radius 2 is 2.12 bits per heavy atom. The van der Waals surface area contributed by atoms with E-state index in [1.165, 1.54) is 12.5 Å². The van der Waals surface area contributed by atoms with Gasteiger partial charge in [-0.1, -0.05) is 32.4 Å². The van der Waals surface area contributed by atoms with E-state index < -0.39 is 0 Å². The third-order valence-electron chi connectivity index (χ3n) is 3.16. The number of likely N-dealkylation sites (N-methyl/N-ethyl adjacent to an activating group) is 1. The molecule has 0 aliphatic carbocycles. The highest BCUT2D eigenvalue weighted by atomic mass is 19.1. The molecule has 0 saturated heterocycles. The van der Waals surface area contributed by atoms with Crippen molar-refractivity contribution in [3.8, 4) is 0 Å². The van der Waals surface area contributed by atoms with E-state index in [1.807, 2.05) is 13.1 Å². The number of halogens is 1. The van der Waals surface area contributed by atoms with E-state index in [0.29, 0.717) is 12.0 Å². The molecule has 1 aromatic rings. The second-order valence-corrected chi connectivity index (χ2v) is 4.57. The van der Waals surface area contributed by atoms with Gasteiger partial charge in [0.1, 0.15) is 5.82 Å². The normalized spacial score (nSPS) is 14.8. The molecule has 90 valence electrons. The van der Waals surface area contributed by atoms with E-state index in [9.17, 15) is 4.39 Å². The second kappa shape index (κ2) is 6.64. The Bertz CT molecular complexity index is 311. The molecule has 0 fully saturated rings. The van der Waals surface area contributed by atoms with Crippen molar-refractivity contribution in [2.45, 2.75) is 39.2 Å². The standard InChI is InChI=1S/C14H22FN/c1-4-11(2)8-14(16-3)10-12-6-5-7-13(15)9-12/h5-7,9,11,14,16H,4,8,10H2,1-3H3. The van der Waals surface area contributed by atoms with Crippen LogP contribution in [0.15, 0.2) is 24.3 Å². The molecule has 0 bridgehead atoms. The van der Waals surface area contributed by atoms with Crippen molar-refractivity contribution in [1.29, 1.82) is 0 Å². The lowest BCUT2D eigenvalue weighted by molar-refractivity contribution is 0.410. The lowest BCUT2D eigenvalue weighted by atomic mass is 9.95. The fourth-order valence-electron chi connectivity index (χ4n) is 1.90. The second-order valence-electron chi connectivity index (χ2n) is 4.57. The average Bonchev–Trinajstić information content (AvgIpc) is 2.28. The Morgan fingerprint density at radius 1 is 1.38 bits per heavy atom. The molecule has 0 radical (unpaired) electrons. The number of hydrogen-bond acceptors (Lipinski definition) is 1. The molecule has 16 heavy (non-hydrogen) atoms. The molecular weight excluding hydrogens is 201 g/mol. The van der Waals surface area contributed by atoms with Gasteiger partial charge in [0.05, 0.1) is 0 Å². The van der Waals surface area contributed by atoms with Crippen LogP contribution in [0.2, 0.25) is 0 Å². The van der Waals surface area contributed by atoms with E-state index in [0.717, 1.165) is 18.4 Å². The Hall–Kier alpha value is -0.890. The lowest BCUT2D eigenvalue weighted by Gasteiger charge is -2.19. The summed E-state index contributed by atoms with van der Waals surface area (Å²) in [7, 11) is 1.98. The van der Waals surface area contributed by atoms with Crippen molar-refractivity contribution >= 4 is 0 Å². The van der Waals surface area contributed by atoms with Gasteiger partial charge in [-0.2, -0.15) is 0 Å². The zero-order valence-electron chi connectivity index (χ0n) is 10.5. The van der Waals surface area contributed by atoms with Crippen molar-refractivity contribution in [3.63, 3.8) is 0 Å². The highest BCUT2D eigenvalue weighted by molar-refractivity contribution is 5.17. The summed E-state index contributed by atoms with van der Waals surface area (Å²) < 4.78 is 13.0. The maximum Gasteiger partial charge on any atom is 0.123 e. The molecule has 2 unspecified atom stereocenters. The van der Waals surface area contributed by atoms with Gasteiger partial charge < -0.3 is 5.32 Å². The quantitative estimate of drug-likeness (QED) is 0.779. The summed E-state index contributed by atoms with van der Waals surface area (Å²) in [4.78, 5) is 0. The third-order valence-corrected chi connectivity index (χ3v) is 3.16. The summed E-state index contributed by atoms with van der Waals surface area (Å²) in [5, 5.41) is 3.31. The Labute approximate surface area is 98.1 Å². The van der Waals surface area contributed by atoms with Crippen molar-refractivity contribution in [3.05, 3.63) is 35.6 Å². The molecule has 0 heterocycles. The summed E-state index contributed by atoms with van der Waals surface area (Å²) in [5.41, 5.74) is 1.07. The van der Waals surface area contributed by atoms with Gasteiger partial charge in [-0.3, -0.25) is 0 Å². The smallest absolute Gasteiger partial charge is 0.123 e. The Balaban J connectivity index is 2.56. The van der Waals surface area contributed by atoms with Crippen LogP contribution in [0.5, 0.6) is 0 Å². The van der Waals surface area contributed by atoms with Gasteiger partial charge in [-0.15, -0.1) is 0 Å². The molecule has 0 spiro atoms. The van der Waals surface area contributed by atoms with Crippen LogP contribution in [-0.4, -0.2) is 13.1 Å². The monoisotopic (exact) mass is 223 g/mol. The van der Waals surface area contributed by atoms with Gasteiger partial charge in [0.15, 0.2) is 0 Å². The van der Waals surface area contributed by atoms with Crippen LogP contribution in [0.25, 0.3) is 0 Å². The van der Waals surface area contributed by atoms with E-state index in [4.69, 9.17) is 0 Å². The molecular formula is C14H22FN. The maximum atomic E-state index is 13.0. The van der Waals surface area contributed by atoms with Gasteiger partial charge in [0.2, 0.25) is 0 Å². The SMILES string of the molecule is CCC(C)CC(Cc1cccc(F)c1)NC. The highest BCUT2D eigenvalue weighted by Crippen LogP contribution is 2.14. The molecule has 0 amide bonds. The summed E-state index contributed by atoms with van der Waals surface area (Å²) in [6, 6.07) is 7.33. The predicted molar refractivity (Wildman–Crippen MR) is 67.0 cm³/mol. The molecule has 1 aromatic carbocycles. The minimum atomic E-state index is -0.143. The number of nitrogens with one attached hydrogen (secondary N) is 1. The van der Waals surface area contributed by atoms with E-state index in [2.05, 4.69) is 19.2 Å². The molecule has 1 rings (SSSR count). The van der Waals surface area contributed by atoms with Crippen LogP contribution < -0.4 is 5.32 Å². The molecule has 0 saturated carbocycles. The fraction of sp³-hybridized carbons (Fsp3) is 0.571. The minimum Gasteiger partial charge on any atom is -0.317 e. The predicted octanol–water partition coefficient (Wildman–Crippen LogP) is 3.39. The van der Waals surface area contributed by atoms with E-state index in [1.54, 1.807) is 12.1 Å². The van der Waals surface area contributed by atoms with Crippen LogP contribution in [0.3, 0.4) is 0 Å². The summed E-state index contributed by atoms with van der Waals surface area (Å²) >= 11 is 0. The van der Waals surface area contributed by atoms with E-state index >= 15 is 0 Å². The van der Waals surface area contributed by atoms with Crippen molar-refractivity contribution in [2.75, 3.05) is 7.05 Å². The van der Waals surface area contributed by atoms with Gasteiger partial charge in [0, 0.05) is 6.04 Å². The Morgan fingerprint density at radius 3 is 2.69 bits per heavy atom. The maximum absolute atomic E-state index is 13.0. The van der Waals surface area contributed by atoms with Gasteiger partial charge in [-0.05, 0) is 43.5 Å². The highest BCUT2D eigenvalue weighted by Gasteiger charge is 2.11. The first-order valence-electron chi connectivity index (χ1n) is 6.07. The van der Waals surface area contributed by atoms with Crippen molar-refractivity contribution in [1.82, 2.24) is 5.32 Å². The molecule has 2 atom stereocenters. The van der Waals surface area contributed by atoms with Crippen LogP contribution >= 0.6 is 0 Å². The zero-order valence-corrected chi connectivity index (χ0v) is 10.5. The molecule has 1 nitrogen and oxygen atoms in total.